The molecule has 0 aromatic heterocycles. The molecular weight excluding hydrogens is 245 g/mol. The van der Waals surface area contributed by atoms with Crippen LogP contribution in [0.5, 0.6) is 0 Å². The van der Waals surface area contributed by atoms with E-state index in [9.17, 15) is 9.50 Å². The number of rotatable bonds is 4. The molecule has 2 atom stereocenters. The van der Waals surface area contributed by atoms with Gasteiger partial charge in [-0.05, 0) is 43.4 Å². The summed E-state index contributed by atoms with van der Waals surface area (Å²) < 4.78 is 19.5. The van der Waals surface area contributed by atoms with Crippen molar-refractivity contribution in [1.29, 1.82) is 0 Å². The van der Waals surface area contributed by atoms with E-state index in [-0.39, 0.29) is 5.82 Å². The van der Waals surface area contributed by atoms with Crippen molar-refractivity contribution in [1.82, 2.24) is 0 Å². The Hall–Kier alpha value is -1.13. The Bertz CT molecular complexity index is 417. The van der Waals surface area contributed by atoms with Crippen LogP contribution in [0.1, 0.15) is 31.4 Å². The molecule has 2 rings (SSSR count). The quantitative estimate of drug-likeness (QED) is 0.910. The SMILES string of the molecule is C[C@@H](O)c1ccc(N(C)CC2CCCOC2)c(F)c1. The lowest BCUT2D eigenvalue weighted by molar-refractivity contribution is 0.0576. The average molecular weight is 267 g/mol. The molecule has 3 nitrogen and oxygen atoms in total. The van der Waals surface area contributed by atoms with Gasteiger partial charge < -0.3 is 14.7 Å². The average Bonchev–Trinajstić information content (AvgIpc) is 2.39. The molecule has 0 radical (unpaired) electrons. The molecule has 1 fully saturated rings. The monoisotopic (exact) mass is 267 g/mol. The number of hydrogen-bond acceptors (Lipinski definition) is 3. The zero-order valence-corrected chi connectivity index (χ0v) is 11.6. The maximum Gasteiger partial charge on any atom is 0.146 e. The minimum atomic E-state index is -0.638. The molecule has 0 spiro atoms. The summed E-state index contributed by atoms with van der Waals surface area (Å²) in [6.45, 7) is 4.04. The summed E-state index contributed by atoms with van der Waals surface area (Å²) in [4.78, 5) is 1.93. The van der Waals surface area contributed by atoms with E-state index in [4.69, 9.17) is 4.74 Å². The molecule has 0 aliphatic carbocycles. The van der Waals surface area contributed by atoms with Gasteiger partial charge in [-0.3, -0.25) is 0 Å². The summed E-state index contributed by atoms with van der Waals surface area (Å²) in [5, 5.41) is 9.44. The number of aliphatic hydroxyl groups excluding tert-OH is 1. The fourth-order valence-corrected chi connectivity index (χ4v) is 2.53. The van der Waals surface area contributed by atoms with Gasteiger partial charge in [-0.15, -0.1) is 0 Å². The van der Waals surface area contributed by atoms with E-state index in [0.717, 1.165) is 32.6 Å². The highest BCUT2D eigenvalue weighted by molar-refractivity contribution is 5.48. The zero-order chi connectivity index (χ0) is 13.8. The van der Waals surface area contributed by atoms with Gasteiger partial charge in [0.25, 0.3) is 0 Å². The first-order valence-corrected chi connectivity index (χ1v) is 6.84. The van der Waals surface area contributed by atoms with Crippen LogP contribution >= 0.6 is 0 Å². The van der Waals surface area contributed by atoms with Crippen LogP contribution in [-0.4, -0.2) is 31.9 Å². The molecule has 4 heteroatoms. The summed E-state index contributed by atoms with van der Waals surface area (Å²) in [5.41, 5.74) is 1.19. The predicted molar refractivity (Wildman–Crippen MR) is 73.8 cm³/mol. The Morgan fingerprint density at radius 1 is 1.53 bits per heavy atom. The lowest BCUT2D eigenvalue weighted by Gasteiger charge is -2.28. The van der Waals surface area contributed by atoms with Crippen molar-refractivity contribution >= 4 is 5.69 Å². The number of nitrogens with zero attached hydrogens (tertiary/aromatic N) is 1. The molecule has 0 saturated carbocycles. The lowest BCUT2D eigenvalue weighted by Crippen LogP contribution is -2.31. The van der Waals surface area contributed by atoms with Crippen molar-refractivity contribution in [3.63, 3.8) is 0 Å². The second-order valence-electron chi connectivity index (χ2n) is 5.35. The standard InChI is InChI=1S/C15H22FNO2/c1-11(18)13-5-6-15(14(16)8-13)17(2)9-12-4-3-7-19-10-12/h5-6,8,11-12,18H,3-4,7,9-10H2,1-2H3/t11-,12?/m1/s1. The lowest BCUT2D eigenvalue weighted by atomic mass is 10.0. The van der Waals surface area contributed by atoms with Gasteiger partial charge in [0, 0.05) is 20.2 Å². The third-order valence-electron chi connectivity index (χ3n) is 3.65. The Morgan fingerprint density at radius 2 is 2.32 bits per heavy atom. The van der Waals surface area contributed by atoms with Crippen molar-refractivity contribution < 1.29 is 14.2 Å². The van der Waals surface area contributed by atoms with Crippen LogP contribution < -0.4 is 4.90 Å². The number of benzene rings is 1. The summed E-state index contributed by atoms with van der Waals surface area (Å²) in [7, 11) is 1.90. The van der Waals surface area contributed by atoms with Crippen LogP contribution in [0.3, 0.4) is 0 Å². The highest BCUT2D eigenvalue weighted by Gasteiger charge is 2.18. The molecule has 1 aromatic carbocycles. The molecule has 1 heterocycles. The summed E-state index contributed by atoms with van der Waals surface area (Å²) in [6, 6.07) is 4.92. The number of ether oxygens (including phenoxy) is 1. The van der Waals surface area contributed by atoms with Crippen LogP contribution in [0.15, 0.2) is 18.2 Å². The molecule has 1 unspecified atom stereocenters. The second kappa shape index (κ2) is 6.35. The molecule has 1 aliphatic rings. The number of halogens is 1. The summed E-state index contributed by atoms with van der Waals surface area (Å²) in [6.07, 6.45) is 1.58. The zero-order valence-electron chi connectivity index (χ0n) is 11.6. The molecule has 1 aromatic rings. The summed E-state index contributed by atoms with van der Waals surface area (Å²) >= 11 is 0. The fraction of sp³-hybridized carbons (Fsp3) is 0.600. The number of aliphatic hydroxyl groups is 1. The first-order chi connectivity index (χ1) is 9.08. The van der Waals surface area contributed by atoms with Gasteiger partial charge in [0.1, 0.15) is 5.82 Å². The molecule has 1 aliphatic heterocycles. The van der Waals surface area contributed by atoms with E-state index in [0.29, 0.717) is 17.2 Å². The molecule has 106 valence electrons. The maximum absolute atomic E-state index is 14.0. The third kappa shape index (κ3) is 3.67. The maximum atomic E-state index is 14.0. The van der Waals surface area contributed by atoms with Crippen molar-refractivity contribution in [2.45, 2.75) is 25.9 Å². The normalized spacial score (nSPS) is 21.2. The van der Waals surface area contributed by atoms with E-state index >= 15 is 0 Å². The van der Waals surface area contributed by atoms with Gasteiger partial charge >= 0.3 is 0 Å². The van der Waals surface area contributed by atoms with Crippen molar-refractivity contribution in [3.8, 4) is 0 Å². The number of anilines is 1. The smallest absolute Gasteiger partial charge is 0.146 e. The van der Waals surface area contributed by atoms with E-state index < -0.39 is 6.10 Å². The van der Waals surface area contributed by atoms with E-state index in [1.54, 1.807) is 19.1 Å². The summed E-state index contributed by atoms with van der Waals surface area (Å²) in [5.74, 6) is 0.187. The Morgan fingerprint density at radius 3 is 2.89 bits per heavy atom. The van der Waals surface area contributed by atoms with Crippen molar-refractivity contribution in [2.75, 3.05) is 31.7 Å². The third-order valence-corrected chi connectivity index (χ3v) is 3.65. The predicted octanol–water partition coefficient (Wildman–Crippen LogP) is 2.74. The topological polar surface area (TPSA) is 32.7 Å². The van der Waals surface area contributed by atoms with Gasteiger partial charge in [0.2, 0.25) is 0 Å². The molecule has 1 N–H and O–H groups in total. The van der Waals surface area contributed by atoms with Crippen LogP contribution in [0, 0.1) is 11.7 Å². The van der Waals surface area contributed by atoms with E-state index in [1.807, 2.05) is 11.9 Å². The Kier molecular flexibility index (Phi) is 4.77. The first-order valence-electron chi connectivity index (χ1n) is 6.84. The van der Waals surface area contributed by atoms with Crippen LogP contribution in [-0.2, 0) is 4.74 Å². The van der Waals surface area contributed by atoms with Gasteiger partial charge in [-0.25, -0.2) is 4.39 Å². The van der Waals surface area contributed by atoms with Crippen LogP contribution in [0.2, 0.25) is 0 Å². The molecule has 1 saturated heterocycles. The molecular formula is C15H22FNO2. The van der Waals surface area contributed by atoms with Gasteiger partial charge in [-0.1, -0.05) is 6.07 Å². The Labute approximate surface area is 114 Å². The largest absolute Gasteiger partial charge is 0.389 e. The van der Waals surface area contributed by atoms with Gasteiger partial charge in [0.05, 0.1) is 18.4 Å². The number of hydrogen-bond donors (Lipinski definition) is 1. The van der Waals surface area contributed by atoms with Crippen LogP contribution in [0.25, 0.3) is 0 Å². The second-order valence-corrected chi connectivity index (χ2v) is 5.35. The molecule has 0 bridgehead atoms. The molecule has 19 heavy (non-hydrogen) atoms. The highest BCUT2D eigenvalue weighted by atomic mass is 19.1. The van der Waals surface area contributed by atoms with E-state index in [1.165, 1.54) is 6.07 Å². The minimum absolute atomic E-state index is 0.280. The molecule has 0 amide bonds. The van der Waals surface area contributed by atoms with Crippen molar-refractivity contribution in [3.05, 3.63) is 29.6 Å². The minimum Gasteiger partial charge on any atom is -0.389 e. The van der Waals surface area contributed by atoms with Gasteiger partial charge in [-0.2, -0.15) is 0 Å². The van der Waals surface area contributed by atoms with E-state index in [2.05, 4.69) is 0 Å². The van der Waals surface area contributed by atoms with Gasteiger partial charge in [0.15, 0.2) is 0 Å². The van der Waals surface area contributed by atoms with Crippen LogP contribution in [0.4, 0.5) is 10.1 Å². The van der Waals surface area contributed by atoms with Crippen molar-refractivity contribution in [2.24, 2.45) is 5.92 Å². The Balaban J connectivity index is 2.03. The fourth-order valence-electron chi connectivity index (χ4n) is 2.53. The first kappa shape index (κ1) is 14.3. The highest BCUT2D eigenvalue weighted by Crippen LogP contribution is 2.24.